The third-order valence-electron chi connectivity index (χ3n) is 2.44. The van der Waals surface area contributed by atoms with Gasteiger partial charge < -0.3 is 0 Å². The van der Waals surface area contributed by atoms with Crippen molar-refractivity contribution in [3.05, 3.63) is 47.5 Å². The molecule has 6 heteroatoms. The predicted octanol–water partition coefficient (Wildman–Crippen LogP) is 4.86. The van der Waals surface area contributed by atoms with E-state index in [0.29, 0.717) is 23.5 Å². The number of hydrogen-bond acceptors (Lipinski definition) is 2. The fraction of sp³-hybridized carbons (Fsp3) is 0. The van der Waals surface area contributed by atoms with Gasteiger partial charge in [-0.2, -0.15) is 0 Å². The Labute approximate surface area is 108 Å². The molecule has 0 unspecified atom stereocenters. The summed E-state index contributed by atoms with van der Waals surface area (Å²) in [7, 11) is 0. The summed E-state index contributed by atoms with van der Waals surface area (Å²) in [5, 5.41) is 0. The average Bonchev–Trinajstić information content (AvgIpc) is 2.37. The van der Waals surface area contributed by atoms with Gasteiger partial charge >= 0.3 is 0 Å². The fourth-order valence-corrected chi connectivity index (χ4v) is 3.94. The van der Waals surface area contributed by atoms with Gasteiger partial charge in [0.25, 0.3) is 0 Å². The monoisotopic (exact) mass is 288 g/mol. The van der Waals surface area contributed by atoms with Crippen molar-refractivity contribution >= 4 is 23.5 Å². The van der Waals surface area contributed by atoms with Crippen LogP contribution in [0.5, 0.6) is 0 Å². The van der Waals surface area contributed by atoms with E-state index in [9.17, 15) is 17.6 Å². The Morgan fingerprint density at radius 1 is 0.500 bits per heavy atom. The zero-order valence-corrected chi connectivity index (χ0v) is 10.3. The van der Waals surface area contributed by atoms with Gasteiger partial charge in [-0.25, -0.2) is 17.6 Å². The summed E-state index contributed by atoms with van der Waals surface area (Å²) in [6.45, 7) is 0. The third-order valence-corrected chi connectivity index (χ3v) is 5.11. The molecule has 1 heterocycles. The number of hydrogen-bond donors (Lipinski definition) is 0. The summed E-state index contributed by atoms with van der Waals surface area (Å²) in [5.41, 5.74) is 0. The highest BCUT2D eigenvalue weighted by atomic mass is 32.2. The molecule has 0 aliphatic carbocycles. The van der Waals surface area contributed by atoms with E-state index in [1.54, 1.807) is 0 Å². The van der Waals surface area contributed by atoms with Gasteiger partial charge in [0, 0.05) is 0 Å². The molecule has 0 saturated heterocycles. The van der Waals surface area contributed by atoms with E-state index in [-0.39, 0.29) is 19.6 Å². The molecule has 2 aromatic rings. The minimum atomic E-state index is -0.641. The molecule has 1 aliphatic rings. The lowest BCUT2D eigenvalue weighted by Gasteiger charge is -2.19. The first-order chi connectivity index (χ1) is 8.58. The maximum Gasteiger partial charge on any atom is 0.138 e. The summed E-state index contributed by atoms with van der Waals surface area (Å²) in [6.07, 6.45) is 0. The Kier molecular flexibility index (Phi) is 2.79. The molecule has 0 bridgehead atoms. The standard InChI is InChI=1S/C12H4F4S2/c13-5-1-2-6(14)10-9(5)17-11-7(15)3-4-8(16)12(11)18-10/h1-4H. The lowest BCUT2D eigenvalue weighted by molar-refractivity contribution is 0.536. The summed E-state index contributed by atoms with van der Waals surface area (Å²) in [4.78, 5) is -0.0111. The molecule has 1 aliphatic heterocycles. The van der Waals surface area contributed by atoms with Gasteiger partial charge in [0.2, 0.25) is 0 Å². The normalized spacial score (nSPS) is 13.1. The molecule has 0 fully saturated rings. The van der Waals surface area contributed by atoms with Crippen LogP contribution in [0.15, 0.2) is 43.8 Å². The fourth-order valence-electron chi connectivity index (χ4n) is 1.61. The van der Waals surface area contributed by atoms with E-state index in [1.165, 1.54) is 0 Å². The van der Waals surface area contributed by atoms with Crippen molar-refractivity contribution in [2.45, 2.75) is 19.6 Å². The Bertz CT molecular complexity index is 544. The number of halogens is 4. The van der Waals surface area contributed by atoms with Crippen LogP contribution >= 0.6 is 23.5 Å². The van der Waals surface area contributed by atoms with Gasteiger partial charge in [-0.1, -0.05) is 23.5 Å². The van der Waals surface area contributed by atoms with Crippen LogP contribution in [0.3, 0.4) is 0 Å². The Balaban J connectivity index is 2.24. The van der Waals surface area contributed by atoms with E-state index in [0.717, 1.165) is 24.3 Å². The van der Waals surface area contributed by atoms with Crippen molar-refractivity contribution in [1.82, 2.24) is 0 Å². The first-order valence-electron chi connectivity index (χ1n) is 4.89. The van der Waals surface area contributed by atoms with Crippen molar-refractivity contribution in [2.24, 2.45) is 0 Å². The molecule has 18 heavy (non-hydrogen) atoms. The molecule has 0 radical (unpaired) electrons. The second kappa shape index (κ2) is 4.20. The van der Waals surface area contributed by atoms with Crippen molar-refractivity contribution in [1.29, 1.82) is 0 Å². The lowest BCUT2D eigenvalue weighted by atomic mass is 10.3. The molecule has 0 saturated carbocycles. The van der Waals surface area contributed by atoms with E-state index in [2.05, 4.69) is 0 Å². The first kappa shape index (κ1) is 11.9. The Morgan fingerprint density at radius 2 is 0.722 bits per heavy atom. The zero-order chi connectivity index (χ0) is 12.9. The van der Waals surface area contributed by atoms with Gasteiger partial charge in [0.15, 0.2) is 0 Å². The average molecular weight is 288 g/mol. The van der Waals surface area contributed by atoms with Crippen molar-refractivity contribution in [2.75, 3.05) is 0 Å². The third kappa shape index (κ3) is 1.71. The molecule has 92 valence electrons. The second-order valence-corrected chi connectivity index (χ2v) is 5.62. The Hall–Kier alpha value is -1.14. The number of benzene rings is 2. The van der Waals surface area contributed by atoms with E-state index in [4.69, 9.17) is 0 Å². The smallest absolute Gasteiger partial charge is 0.138 e. The van der Waals surface area contributed by atoms with Gasteiger partial charge in [0.1, 0.15) is 23.3 Å². The first-order valence-corrected chi connectivity index (χ1v) is 6.53. The van der Waals surface area contributed by atoms with E-state index < -0.39 is 23.3 Å². The van der Waals surface area contributed by atoms with Crippen LogP contribution in [0.25, 0.3) is 0 Å². The largest absolute Gasteiger partial charge is 0.206 e. The van der Waals surface area contributed by atoms with Crippen molar-refractivity contribution in [3.63, 3.8) is 0 Å². The zero-order valence-electron chi connectivity index (χ0n) is 8.64. The van der Waals surface area contributed by atoms with Crippen LogP contribution in [0.2, 0.25) is 0 Å². The molecular formula is C12H4F4S2. The van der Waals surface area contributed by atoms with Crippen LogP contribution in [0.1, 0.15) is 0 Å². The summed E-state index contributed by atoms with van der Waals surface area (Å²) in [5.74, 6) is -2.56. The van der Waals surface area contributed by atoms with Crippen LogP contribution in [0.4, 0.5) is 17.6 Å². The predicted molar refractivity (Wildman–Crippen MR) is 61.0 cm³/mol. The maximum atomic E-state index is 13.6. The molecule has 0 amide bonds. The molecule has 0 atom stereocenters. The molecule has 0 spiro atoms. The molecule has 2 aromatic carbocycles. The summed E-state index contributed by atoms with van der Waals surface area (Å²) < 4.78 is 54.2. The minimum absolute atomic E-state index is 0.00278. The molecule has 0 N–H and O–H groups in total. The van der Waals surface area contributed by atoms with Gasteiger partial charge in [-0.05, 0) is 24.3 Å². The van der Waals surface area contributed by atoms with Crippen molar-refractivity contribution < 1.29 is 17.6 Å². The highest BCUT2D eigenvalue weighted by Crippen LogP contribution is 2.51. The number of fused-ring (bicyclic) bond motifs is 2. The van der Waals surface area contributed by atoms with Crippen molar-refractivity contribution in [3.8, 4) is 0 Å². The topological polar surface area (TPSA) is 0 Å². The lowest BCUT2D eigenvalue weighted by Crippen LogP contribution is -2.00. The van der Waals surface area contributed by atoms with E-state index >= 15 is 0 Å². The van der Waals surface area contributed by atoms with Gasteiger partial charge in [-0.15, -0.1) is 0 Å². The van der Waals surface area contributed by atoms with E-state index in [1.807, 2.05) is 0 Å². The second-order valence-electron chi connectivity index (χ2n) is 3.58. The van der Waals surface area contributed by atoms with Crippen LogP contribution in [0, 0.1) is 23.3 Å². The van der Waals surface area contributed by atoms with Gasteiger partial charge in [0.05, 0.1) is 19.6 Å². The highest BCUT2D eigenvalue weighted by molar-refractivity contribution is 8.05. The minimum Gasteiger partial charge on any atom is -0.206 e. The molecule has 0 nitrogen and oxygen atoms in total. The van der Waals surface area contributed by atoms with Crippen LogP contribution in [-0.4, -0.2) is 0 Å². The SMILES string of the molecule is Fc1ccc(F)c2c1Sc1c(F)ccc(F)c1S2. The summed E-state index contributed by atoms with van der Waals surface area (Å²) in [6, 6.07) is 3.90. The maximum absolute atomic E-state index is 13.6. The highest BCUT2D eigenvalue weighted by Gasteiger charge is 2.27. The van der Waals surface area contributed by atoms with Gasteiger partial charge in [-0.3, -0.25) is 0 Å². The molecule has 0 aromatic heterocycles. The number of rotatable bonds is 0. The van der Waals surface area contributed by atoms with Crippen LogP contribution in [-0.2, 0) is 0 Å². The molecule has 3 rings (SSSR count). The Morgan fingerprint density at radius 3 is 0.944 bits per heavy atom. The quantitative estimate of drug-likeness (QED) is 0.542. The summed E-state index contributed by atoms with van der Waals surface area (Å²) >= 11 is 1.43. The molecular weight excluding hydrogens is 284 g/mol. The van der Waals surface area contributed by atoms with Crippen LogP contribution < -0.4 is 0 Å².